The second-order valence-electron chi connectivity index (χ2n) is 5.18. The SMILES string of the molecule is CC(C)C1C=CCCC1COC(=O)C(F)(F)S(=O)(=O)O. The number of rotatable bonds is 5. The Balaban J connectivity index is 2.67. The number of ether oxygens (including phenoxy) is 1. The van der Waals surface area contributed by atoms with Crippen LogP contribution in [0, 0.1) is 17.8 Å². The monoisotopic (exact) mass is 312 g/mol. The summed E-state index contributed by atoms with van der Waals surface area (Å²) in [6.07, 6.45) is 5.35. The number of hydrogen-bond donors (Lipinski definition) is 1. The van der Waals surface area contributed by atoms with E-state index in [1.54, 1.807) is 0 Å². The molecule has 0 bridgehead atoms. The van der Waals surface area contributed by atoms with Crippen molar-refractivity contribution < 1.29 is 31.3 Å². The maximum atomic E-state index is 13.0. The van der Waals surface area contributed by atoms with Crippen LogP contribution in [0.25, 0.3) is 0 Å². The summed E-state index contributed by atoms with van der Waals surface area (Å²) < 4.78 is 59.5. The molecule has 8 heteroatoms. The van der Waals surface area contributed by atoms with Crippen molar-refractivity contribution >= 4 is 16.1 Å². The van der Waals surface area contributed by atoms with E-state index < -0.39 is 21.3 Å². The first-order valence-electron chi connectivity index (χ1n) is 6.26. The van der Waals surface area contributed by atoms with E-state index in [1.807, 2.05) is 26.0 Å². The Kier molecular flexibility index (Phi) is 5.26. The van der Waals surface area contributed by atoms with Gasteiger partial charge in [-0.1, -0.05) is 26.0 Å². The normalized spacial score (nSPS) is 23.9. The van der Waals surface area contributed by atoms with Gasteiger partial charge in [-0.2, -0.15) is 17.2 Å². The molecule has 0 radical (unpaired) electrons. The molecule has 2 atom stereocenters. The minimum atomic E-state index is -5.81. The maximum Gasteiger partial charge on any atom is 0.465 e. The van der Waals surface area contributed by atoms with Gasteiger partial charge < -0.3 is 4.74 Å². The smallest absolute Gasteiger partial charge is 0.460 e. The molecule has 1 N–H and O–H groups in total. The Labute approximate surface area is 116 Å². The van der Waals surface area contributed by atoms with E-state index in [4.69, 9.17) is 4.55 Å². The lowest BCUT2D eigenvalue weighted by atomic mass is 9.78. The number of esters is 1. The molecule has 0 saturated carbocycles. The number of hydrogen-bond acceptors (Lipinski definition) is 4. The topological polar surface area (TPSA) is 80.7 Å². The molecule has 0 fully saturated rings. The largest absolute Gasteiger partial charge is 0.465 e. The van der Waals surface area contributed by atoms with E-state index in [1.165, 1.54) is 0 Å². The van der Waals surface area contributed by atoms with Crippen LogP contribution in [0.1, 0.15) is 26.7 Å². The molecule has 5 nitrogen and oxygen atoms in total. The zero-order chi connectivity index (χ0) is 15.6. The fourth-order valence-electron chi connectivity index (χ4n) is 2.25. The summed E-state index contributed by atoms with van der Waals surface area (Å²) in [6, 6.07) is 0. The molecule has 0 aromatic rings. The van der Waals surface area contributed by atoms with Crippen molar-refractivity contribution in [3.05, 3.63) is 12.2 Å². The fourth-order valence-corrected chi connectivity index (χ4v) is 2.52. The van der Waals surface area contributed by atoms with E-state index >= 15 is 0 Å². The van der Waals surface area contributed by atoms with Crippen LogP contribution in [0.3, 0.4) is 0 Å². The van der Waals surface area contributed by atoms with Gasteiger partial charge >= 0.3 is 21.3 Å². The Morgan fingerprint density at radius 2 is 2.10 bits per heavy atom. The Hall–Kier alpha value is -1.02. The number of carbonyl (C=O) groups excluding carboxylic acids is 1. The number of alkyl halides is 2. The first-order chi connectivity index (χ1) is 9.07. The van der Waals surface area contributed by atoms with Crippen LogP contribution in [0.5, 0.6) is 0 Å². The summed E-state index contributed by atoms with van der Waals surface area (Å²) in [6.45, 7) is 3.63. The third-order valence-electron chi connectivity index (χ3n) is 3.37. The Morgan fingerprint density at radius 3 is 2.60 bits per heavy atom. The molecule has 20 heavy (non-hydrogen) atoms. The van der Waals surface area contributed by atoms with Crippen LogP contribution in [-0.4, -0.2) is 30.8 Å². The summed E-state index contributed by atoms with van der Waals surface area (Å²) in [4.78, 5) is 11.1. The van der Waals surface area contributed by atoms with E-state index in [0.717, 1.165) is 6.42 Å². The van der Waals surface area contributed by atoms with Crippen LogP contribution in [0.2, 0.25) is 0 Å². The molecule has 0 heterocycles. The van der Waals surface area contributed by atoms with Gasteiger partial charge in [0.05, 0.1) is 6.61 Å². The van der Waals surface area contributed by atoms with Crippen molar-refractivity contribution in [2.45, 2.75) is 31.9 Å². The van der Waals surface area contributed by atoms with Gasteiger partial charge in [-0.05, 0) is 30.6 Å². The lowest BCUT2D eigenvalue weighted by molar-refractivity contribution is -0.163. The zero-order valence-electron chi connectivity index (χ0n) is 11.3. The zero-order valence-corrected chi connectivity index (χ0v) is 12.1. The molecule has 0 saturated heterocycles. The van der Waals surface area contributed by atoms with E-state index in [9.17, 15) is 22.0 Å². The van der Waals surface area contributed by atoms with E-state index in [0.29, 0.717) is 6.42 Å². The Bertz CT molecular complexity index is 484. The molecule has 0 aliphatic heterocycles. The van der Waals surface area contributed by atoms with Crippen molar-refractivity contribution in [2.75, 3.05) is 6.61 Å². The predicted molar refractivity (Wildman–Crippen MR) is 67.6 cm³/mol. The van der Waals surface area contributed by atoms with E-state index in [2.05, 4.69) is 4.74 Å². The van der Waals surface area contributed by atoms with Crippen molar-refractivity contribution in [3.63, 3.8) is 0 Å². The highest BCUT2D eigenvalue weighted by Gasteiger charge is 2.54. The highest BCUT2D eigenvalue weighted by atomic mass is 32.2. The highest BCUT2D eigenvalue weighted by molar-refractivity contribution is 7.87. The first-order valence-corrected chi connectivity index (χ1v) is 7.70. The number of carbonyl (C=O) groups is 1. The average Bonchev–Trinajstić information content (AvgIpc) is 2.34. The van der Waals surface area contributed by atoms with Gasteiger partial charge in [-0.15, -0.1) is 0 Å². The van der Waals surface area contributed by atoms with Crippen molar-refractivity contribution in [1.82, 2.24) is 0 Å². The molecule has 0 spiro atoms. The Morgan fingerprint density at radius 1 is 1.50 bits per heavy atom. The number of allylic oxidation sites excluding steroid dienone is 2. The summed E-state index contributed by atoms with van der Waals surface area (Å²) in [5.41, 5.74) is 0. The van der Waals surface area contributed by atoms with Crippen molar-refractivity contribution in [1.29, 1.82) is 0 Å². The lowest BCUT2D eigenvalue weighted by Crippen LogP contribution is -2.40. The minimum absolute atomic E-state index is 0.0795. The fraction of sp³-hybridized carbons (Fsp3) is 0.750. The molecule has 1 aliphatic rings. The molecule has 0 aromatic heterocycles. The van der Waals surface area contributed by atoms with Crippen molar-refractivity contribution in [2.24, 2.45) is 17.8 Å². The van der Waals surface area contributed by atoms with Crippen molar-refractivity contribution in [3.8, 4) is 0 Å². The van der Waals surface area contributed by atoms with Gasteiger partial charge in [0, 0.05) is 0 Å². The predicted octanol–water partition coefficient (Wildman–Crippen LogP) is 2.25. The minimum Gasteiger partial charge on any atom is -0.460 e. The van der Waals surface area contributed by atoms with Gasteiger partial charge in [0.15, 0.2) is 0 Å². The van der Waals surface area contributed by atoms with Crippen LogP contribution in [-0.2, 0) is 19.6 Å². The lowest BCUT2D eigenvalue weighted by Gasteiger charge is -2.30. The summed E-state index contributed by atoms with van der Waals surface area (Å²) in [5, 5.41) is -4.93. The van der Waals surface area contributed by atoms with Gasteiger partial charge in [0.2, 0.25) is 0 Å². The first kappa shape index (κ1) is 17.0. The van der Waals surface area contributed by atoms with Crippen LogP contribution in [0.15, 0.2) is 12.2 Å². The van der Waals surface area contributed by atoms with Gasteiger partial charge in [-0.3, -0.25) is 4.55 Å². The van der Waals surface area contributed by atoms with Gasteiger partial charge in [-0.25, -0.2) is 4.79 Å². The second kappa shape index (κ2) is 6.17. The highest BCUT2D eigenvalue weighted by Crippen LogP contribution is 2.31. The third kappa shape index (κ3) is 3.76. The maximum absolute atomic E-state index is 13.0. The molecule has 1 aliphatic carbocycles. The molecule has 2 unspecified atom stereocenters. The molecular formula is C12H18F2O5S. The molecule has 0 aromatic carbocycles. The molecular weight excluding hydrogens is 294 g/mol. The van der Waals surface area contributed by atoms with E-state index in [-0.39, 0.29) is 24.4 Å². The van der Waals surface area contributed by atoms with Gasteiger partial charge in [0.1, 0.15) is 0 Å². The molecule has 116 valence electrons. The number of halogens is 2. The third-order valence-corrected chi connectivity index (χ3v) is 4.18. The summed E-state index contributed by atoms with van der Waals surface area (Å²) >= 11 is 0. The molecule has 0 amide bonds. The standard InChI is InChI=1S/C12H18F2O5S/c1-8(2)10-6-4-3-5-9(10)7-19-11(15)12(13,14)20(16,17)18/h4,6,8-10H,3,5,7H2,1-2H3,(H,16,17,18). The average molecular weight is 312 g/mol. The van der Waals surface area contributed by atoms with Crippen LogP contribution in [0.4, 0.5) is 8.78 Å². The summed E-state index contributed by atoms with van der Waals surface area (Å²) in [5.74, 6) is -2.05. The van der Waals surface area contributed by atoms with Gasteiger partial charge in [0.25, 0.3) is 0 Å². The van der Waals surface area contributed by atoms with Crippen LogP contribution >= 0.6 is 0 Å². The molecule has 1 rings (SSSR count). The quantitative estimate of drug-likeness (QED) is 0.478. The van der Waals surface area contributed by atoms with Crippen LogP contribution < -0.4 is 0 Å². The summed E-state index contributed by atoms with van der Waals surface area (Å²) in [7, 11) is -5.81. The second-order valence-corrected chi connectivity index (χ2v) is 6.64.